The average Bonchev–Trinajstić information content (AvgIpc) is 2.43. The molecule has 0 aromatic heterocycles. The van der Waals surface area contributed by atoms with E-state index in [9.17, 15) is 4.79 Å². The van der Waals surface area contributed by atoms with Gasteiger partial charge in [0.2, 0.25) is 0 Å². The molecule has 0 fully saturated rings. The number of halogens is 1. The first-order chi connectivity index (χ1) is 9.24. The fourth-order valence-electron chi connectivity index (χ4n) is 2.19. The Morgan fingerprint density at radius 1 is 1.05 bits per heavy atom. The summed E-state index contributed by atoms with van der Waals surface area (Å²) in [7, 11) is 0. The molecule has 2 heteroatoms. The highest BCUT2D eigenvalue weighted by Crippen LogP contribution is 2.16. The molecular weight excluding hydrogens is 256 g/mol. The molecule has 0 aliphatic heterocycles. The van der Waals surface area contributed by atoms with Crippen molar-refractivity contribution in [1.29, 1.82) is 0 Å². The maximum absolute atomic E-state index is 11.9. The van der Waals surface area contributed by atoms with E-state index in [-0.39, 0.29) is 11.2 Å². The quantitative estimate of drug-likeness (QED) is 0.309. The van der Waals surface area contributed by atoms with E-state index in [1.165, 1.54) is 32.1 Å². The molecule has 0 amide bonds. The molecule has 0 saturated carbocycles. The van der Waals surface area contributed by atoms with Gasteiger partial charge in [0, 0.05) is 17.4 Å². The van der Waals surface area contributed by atoms with Crippen LogP contribution in [0.1, 0.15) is 68.6 Å². The minimum Gasteiger partial charge on any atom is -0.294 e. The Bertz CT molecular complexity index is 348. The van der Waals surface area contributed by atoms with Crippen molar-refractivity contribution in [2.45, 2.75) is 63.7 Å². The second-order valence-electron chi connectivity index (χ2n) is 5.15. The van der Waals surface area contributed by atoms with Gasteiger partial charge in [-0.25, -0.2) is 0 Å². The first-order valence-corrected chi connectivity index (χ1v) is 7.90. The summed E-state index contributed by atoms with van der Waals surface area (Å²) in [5.41, 5.74) is 0.774. The minimum atomic E-state index is -0.0149. The molecule has 19 heavy (non-hydrogen) atoms. The van der Waals surface area contributed by atoms with Crippen LogP contribution in [-0.4, -0.2) is 11.2 Å². The molecule has 0 heterocycles. The smallest absolute Gasteiger partial charge is 0.164 e. The maximum atomic E-state index is 11.9. The molecule has 0 aliphatic rings. The van der Waals surface area contributed by atoms with E-state index in [0.29, 0.717) is 6.42 Å². The molecule has 106 valence electrons. The first kappa shape index (κ1) is 16.2. The number of ketones is 1. The van der Waals surface area contributed by atoms with Gasteiger partial charge in [0.25, 0.3) is 0 Å². The van der Waals surface area contributed by atoms with Gasteiger partial charge >= 0.3 is 0 Å². The van der Waals surface area contributed by atoms with Gasteiger partial charge in [-0.3, -0.25) is 4.79 Å². The summed E-state index contributed by atoms with van der Waals surface area (Å²) in [5.74, 6) is 0.159. The number of carbonyl (C=O) groups is 1. The third kappa shape index (κ3) is 7.37. The van der Waals surface area contributed by atoms with Crippen molar-refractivity contribution in [1.82, 2.24) is 0 Å². The lowest BCUT2D eigenvalue weighted by atomic mass is 10.0. The summed E-state index contributed by atoms with van der Waals surface area (Å²) in [6.45, 7) is 2.23. The van der Waals surface area contributed by atoms with Crippen LogP contribution < -0.4 is 0 Å². The highest BCUT2D eigenvalue weighted by atomic mass is 35.5. The Morgan fingerprint density at radius 3 is 2.37 bits per heavy atom. The number of hydrogen-bond acceptors (Lipinski definition) is 1. The van der Waals surface area contributed by atoms with Gasteiger partial charge in [0.05, 0.1) is 0 Å². The summed E-state index contributed by atoms with van der Waals surface area (Å²) in [5, 5.41) is -0.0149. The van der Waals surface area contributed by atoms with Gasteiger partial charge in [0.15, 0.2) is 5.78 Å². The third-order valence-electron chi connectivity index (χ3n) is 3.37. The molecule has 0 bridgehead atoms. The Kier molecular flexibility index (Phi) is 8.57. The second kappa shape index (κ2) is 10.0. The monoisotopic (exact) mass is 280 g/mol. The Hall–Kier alpha value is -0.820. The Balaban J connectivity index is 2.14. The summed E-state index contributed by atoms with van der Waals surface area (Å²) >= 11 is 6.24. The largest absolute Gasteiger partial charge is 0.294 e. The van der Waals surface area contributed by atoms with Crippen LogP contribution in [0.3, 0.4) is 0 Å². The number of Topliss-reactive ketones (excluding diaryl/α,β-unsaturated/α-hetero) is 1. The van der Waals surface area contributed by atoms with Crippen molar-refractivity contribution in [3.63, 3.8) is 0 Å². The van der Waals surface area contributed by atoms with Gasteiger partial charge in [-0.05, 0) is 6.42 Å². The lowest BCUT2D eigenvalue weighted by molar-refractivity contribution is 0.0980. The first-order valence-electron chi connectivity index (χ1n) is 7.46. The molecule has 0 aliphatic carbocycles. The van der Waals surface area contributed by atoms with E-state index >= 15 is 0 Å². The predicted octanol–water partition coefficient (Wildman–Crippen LogP) is 5.62. The lowest BCUT2D eigenvalue weighted by Gasteiger charge is -2.08. The highest BCUT2D eigenvalue weighted by molar-refractivity contribution is 6.22. The van der Waals surface area contributed by atoms with E-state index in [1.54, 1.807) is 0 Å². The number of carbonyl (C=O) groups excluding carboxylic acids is 1. The number of benzene rings is 1. The standard InChI is InChI=1S/C17H25ClO/c1-2-3-4-5-6-10-13-16(18)14-17(19)15-11-8-7-9-12-15/h7-9,11-12,16H,2-6,10,13-14H2,1H3. The summed E-state index contributed by atoms with van der Waals surface area (Å²) in [6, 6.07) is 9.42. The third-order valence-corrected chi connectivity index (χ3v) is 3.75. The molecule has 1 rings (SSSR count). The summed E-state index contributed by atoms with van der Waals surface area (Å²) < 4.78 is 0. The van der Waals surface area contributed by atoms with E-state index in [1.807, 2.05) is 30.3 Å². The molecule has 0 radical (unpaired) electrons. The average molecular weight is 281 g/mol. The van der Waals surface area contributed by atoms with E-state index in [4.69, 9.17) is 11.6 Å². The van der Waals surface area contributed by atoms with Crippen molar-refractivity contribution in [3.8, 4) is 0 Å². The van der Waals surface area contributed by atoms with Gasteiger partial charge < -0.3 is 0 Å². The predicted molar refractivity (Wildman–Crippen MR) is 83.0 cm³/mol. The zero-order valence-corrected chi connectivity index (χ0v) is 12.7. The molecule has 0 saturated heterocycles. The van der Waals surface area contributed by atoms with Crippen LogP contribution in [0.15, 0.2) is 30.3 Å². The Morgan fingerprint density at radius 2 is 1.68 bits per heavy atom. The van der Waals surface area contributed by atoms with Gasteiger partial charge in [0.1, 0.15) is 0 Å². The molecule has 1 nitrogen and oxygen atoms in total. The number of rotatable bonds is 10. The topological polar surface area (TPSA) is 17.1 Å². The molecule has 1 aromatic rings. The summed E-state index contributed by atoms with van der Waals surface area (Å²) in [4.78, 5) is 11.9. The van der Waals surface area contributed by atoms with Crippen LogP contribution in [0.2, 0.25) is 0 Å². The molecule has 0 spiro atoms. The van der Waals surface area contributed by atoms with Crippen molar-refractivity contribution < 1.29 is 4.79 Å². The van der Waals surface area contributed by atoms with Gasteiger partial charge in [-0.1, -0.05) is 75.8 Å². The van der Waals surface area contributed by atoms with Gasteiger partial charge in [-0.2, -0.15) is 0 Å². The molecule has 1 unspecified atom stereocenters. The zero-order valence-electron chi connectivity index (χ0n) is 11.9. The minimum absolute atomic E-state index is 0.0149. The SMILES string of the molecule is CCCCCCCCC(Cl)CC(=O)c1ccccc1. The fraction of sp³-hybridized carbons (Fsp3) is 0.588. The number of hydrogen-bond donors (Lipinski definition) is 0. The molecular formula is C17H25ClO. The van der Waals surface area contributed by atoms with Crippen molar-refractivity contribution in [2.75, 3.05) is 0 Å². The normalized spacial score (nSPS) is 12.3. The lowest BCUT2D eigenvalue weighted by Crippen LogP contribution is -2.08. The second-order valence-corrected chi connectivity index (χ2v) is 5.76. The van der Waals surface area contributed by atoms with Crippen LogP contribution in [0.4, 0.5) is 0 Å². The van der Waals surface area contributed by atoms with Crippen molar-refractivity contribution in [3.05, 3.63) is 35.9 Å². The van der Waals surface area contributed by atoms with Crippen LogP contribution in [0, 0.1) is 0 Å². The van der Waals surface area contributed by atoms with Crippen molar-refractivity contribution in [2.24, 2.45) is 0 Å². The Labute approximate surface area is 122 Å². The number of alkyl halides is 1. The fourth-order valence-corrected chi connectivity index (χ4v) is 2.49. The molecule has 1 aromatic carbocycles. The van der Waals surface area contributed by atoms with E-state index in [0.717, 1.165) is 18.4 Å². The van der Waals surface area contributed by atoms with Crippen molar-refractivity contribution >= 4 is 17.4 Å². The zero-order chi connectivity index (χ0) is 13.9. The summed E-state index contributed by atoms with van der Waals surface area (Å²) in [6.07, 6.45) is 9.02. The number of unbranched alkanes of at least 4 members (excludes halogenated alkanes) is 5. The van der Waals surface area contributed by atoms with E-state index < -0.39 is 0 Å². The van der Waals surface area contributed by atoms with Crippen LogP contribution >= 0.6 is 11.6 Å². The van der Waals surface area contributed by atoms with E-state index in [2.05, 4.69) is 6.92 Å². The molecule has 0 N–H and O–H groups in total. The van der Waals surface area contributed by atoms with Crippen LogP contribution in [0.5, 0.6) is 0 Å². The molecule has 1 atom stereocenters. The van der Waals surface area contributed by atoms with Crippen LogP contribution in [-0.2, 0) is 0 Å². The highest BCUT2D eigenvalue weighted by Gasteiger charge is 2.12. The maximum Gasteiger partial charge on any atom is 0.164 e. The van der Waals surface area contributed by atoms with Crippen LogP contribution in [0.25, 0.3) is 0 Å². The van der Waals surface area contributed by atoms with Gasteiger partial charge in [-0.15, -0.1) is 11.6 Å².